The third kappa shape index (κ3) is 1.25. The van der Waals surface area contributed by atoms with E-state index in [0.717, 1.165) is 5.69 Å². The topological polar surface area (TPSA) is 64.9 Å². The number of aromatic nitrogens is 1. The molecule has 4 N–H and O–H groups in total. The second-order valence-corrected chi connectivity index (χ2v) is 2.27. The Labute approximate surface area is 60.1 Å². The number of hydrogen-bond acceptors (Lipinski definition) is 3. The zero-order valence-electron chi connectivity index (χ0n) is 5.91. The van der Waals surface area contributed by atoms with E-state index in [9.17, 15) is 0 Å². The lowest BCUT2D eigenvalue weighted by Gasteiger charge is -2.05. The molecule has 10 heavy (non-hydrogen) atoms. The summed E-state index contributed by atoms with van der Waals surface area (Å²) in [6.45, 7) is 1.86. The highest BCUT2D eigenvalue weighted by molar-refractivity contribution is 5.43. The zero-order chi connectivity index (χ0) is 7.56. The second kappa shape index (κ2) is 2.66. The summed E-state index contributed by atoms with van der Waals surface area (Å²) < 4.78 is 0. The predicted octanol–water partition coefficient (Wildman–Crippen LogP) is 0.684. The molecule has 0 saturated heterocycles. The van der Waals surface area contributed by atoms with Crippen LogP contribution in [0, 0.1) is 0 Å². The summed E-state index contributed by atoms with van der Waals surface area (Å²) in [5, 5.41) is 0. The Morgan fingerprint density at radius 1 is 1.60 bits per heavy atom. The maximum atomic E-state index is 5.58. The quantitative estimate of drug-likeness (QED) is 0.598. The highest BCUT2D eigenvalue weighted by atomic mass is 14.8. The molecule has 0 aliphatic carbocycles. The van der Waals surface area contributed by atoms with Crippen molar-refractivity contribution in [3.05, 3.63) is 24.0 Å². The van der Waals surface area contributed by atoms with Crippen LogP contribution in [0.3, 0.4) is 0 Å². The minimum absolute atomic E-state index is 0.0822. The molecule has 1 atom stereocenters. The Hall–Kier alpha value is -1.09. The normalized spacial score (nSPS) is 13.0. The summed E-state index contributed by atoms with van der Waals surface area (Å²) in [5.74, 6) is 0. The SMILES string of the molecule is C[C@H](N)c1ncccc1N. The minimum atomic E-state index is -0.0822. The first-order valence-corrected chi connectivity index (χ1v) is 3.18. The lowest BCUT2D eigenvalue weighted by Crippen LogP contribution is -2.09. The Bertz CT molecular complexity index is 220. The van der Waals surface area contributed by atoms with Gasteiger partial charge in [0, 0.05) is 12.2 Å². The van der Waals surface area contributed by atoms with Gasteiger partial charge in [-0.15, -0.1) is 0 Å². The van der Waals surface area contributed by atoms with E-state index < -0.39 is 0 Å². The molecule has 0 aromatic carbocycles. The Balaban J connectivity index is 3.03. The van der Waals surface area contributed by atoms with Gasteiger partial charge in [0.1, 0.15) is 0 Å². The van der Waals surface area contributed by atoms with E-state index in [-0.39, 0.29) is 6.04 Å². The molecule has 0 amide bonds. The maximum absolute atomic E-state index is 5.58. The standard InChI is InChI=1S/C7H11N3/c1-5(8)7-6(9)3-2-4-10-7/h2-5H,8-9H2,1H3/t5-/m0/s1. The molecule has 0 saturated carbocycles. The van der Waals surface area contributed by atoms with Gasteiger partial charge in [-0.25, -0.2) is 0 Å². The first kappa shape index (κ1) is 7.02. The molecule has 1 aromatic rings. The third-order valence-electron chi connectivity index (χ3n) is 1.30. The van der Waals surface area contributed by atoms with Gasteiger partial charge in [-0.3, -0.25) is 4.98 Å². The molecule has 0 fully saturated rings. The highest BCUT2D eigenvalue weighted by Crippen LogP contribution is 2.12. The van der Waals surface area contributed by atoms with E-state index in [1.54, 1.807) is 18.3 Å². The van der Waals surface area contributed by atoms with Crippen LogP contribution in [-0.4, -0.2) is 4.98 Å². The molecule has 0 bridgehead atoms. The van der Waals surface area contributed by atoms with Crippen molar-refractivity contribution in [1.82, 2.24) is 4.98 Å². The van der Waals surface area contributed by atoms with Gasteiger partial charge in [-0.2, -0.15) is 0 Å². The molecule has 1 aromatic heterocycles. The maximum Gasteiger partial charge on any atom is 0.0796 e. The van der Waals surface area contributed by atoms with E-state index in [1.165, 1.54) is 0 Å². The summed E-state index contributed by atoms with van der Waals surface area (Å²) in [6.07, 6.45) is 1.69. The van der Waals surface area contributed by atoms with Crippen LogP contribution in [0.25, 0.3) is 0 Å². The summed E-state index contributed by atoms with van der Waals surface area (Å²) in [7, 11) is 0. The number of nitrogen functional groups attached to an aromatic ring is 1. The van der Waals surface area contributed by atoms with Gasteiger partial charge in [0.2, 0.25) is 0 Å². The van der Waals surface area contributed by atoms with Crippen molar-refractivity contribution < 1.29 is 0 Å². The Morgan fingerprint density at radius 3 is 2.70 bits per heavy atom. The molecule has 0 radical (unpaired) electrons. The van der Waals surface area contributed by atoms with E-state index in [1.807, 2.05) is 6.92 Å². The van der Waals surface area contributed by atoms with Crippen molar-refractivity contribution in [2.75, 3.05) is 5.73 Å². The fraction of sp³-hybridized carbons (Fsp3) is 0.286. The number of anilines is 1. The van der Waals surface area contributed by atoms with Crippen LogP contribution in [-0.2, 0) is 0 Å². The number of rotatable bonds is 1. The molecule has 0 aliphatic rings. The van der Waals surface area contributed by atoms with Gasteiger partial charge < -0.3 is 11.5 Å². The smallest absolute Gasteiger partial charge is 0.0796 e. The Kier molecular flexibility index (Phi) is 1.87. The van der Waals surface area contributed by atoms with Gasteiger partial charge in [-0.05, 0) is 19.1 Å². The second-order valence-electron chi connectivity index (χ2n) is 2.27. The predicted molar refractivity (Wildman–Crippen MR) is 41.3 cm³/mol. The van der Waals surface area contributed by atoms with Crippen LogP contribution in [0.4, 0.5) is 5.69 Å². The van der Waals surface area contributed by atoms with Gasteiger partial charge in [-0.1, -0.05) is 0 Å². The summed E-state index contributed by atoms with van der Waals surface area (Å²) in [6, 6.07) is 3.51. The van der Waals surface area contributed by atoms with Crippen molar-refractivity contribution in [3.63, 3.8) is 0 Å². The van der Waals surface area contributed by atoms with E-state index >= 15 is 0 Å². The fourth-order valence-corrected chi connectivity index (χ4v) is 0.810. The van der Waals surface area contributed by atoms with E-state index in [2.05, 4.69) is 4.98 Å². The van der Waals surface area contributed by atoms with Gasteiger partial charge in [0.05, 0.1) is 11.4 Å². The number of nitrogens with two attached hydrogens (primary N) is 2. The van der Waals surface area contributed by atoms with Crippen LogP contribution in [0.1, 0.15) is 18.7 Å². The molecule has 0 aliphatic heterocycles. The average Bonchev–Trinajstić information content (AvgIpc) is 1.88. The molecule has 0 spiro atoms. The monoisotopic (exact) mass is 137 g/mol. The first-order chi connectivity index (χ1) is 4.72. The Morgan fingerprint density at radius 2 is 2.30 bits per heavy atom. The average molecular weight is 137 g/mol. The molecule has 54 valence electrons. The highest BCUT2D eigenvalue weighted by Gasteiger charge is 2.02. The summed E-state index contributed by atoms with van der Waals surface area (Å²) in [4.78, 5) is 4.03. The van der Waals surface area contributed by atoms with Gasteiger partial charge in [0.25, 0.3) is 0 Å². The van der Waals surface area contributed by atoms with Gasteiger partial charge in [0.15, 0.2) is 0 Å². The summed E-state index contributed by atoms with van der Waals surface area (Å²) >= 11 is 0. The molecule has 3 nitrogen and oxygen atoms in total. The van der Waals surface area contributed by atoms with Crippen LogP contribution in [0.15, 0.2) is 18.3 Å². The van der Waals surface area contributed by atoms with Crippen LogP contribution < -0.4 is 11.5 Å². The van der Waals surface area contributed by atoms with Gasteiger partial charge >= 0.3 is 0 Å². The summed E-state index contributed by atoms with van der Waals surface area (Å²) in [5.41, 5.74) is 12.6. The molecule has 1 rings (SSSR count). The van der Waals surface area contributed by atoms with Crippen molar-refractivity contribution in [2.45, 2.75) is 13.0 Å². The van der Waals surface area contributed by atoms with Crippen molar-refractivity contribution in [2.24, 2.45) is 5.73 Å². The van der Waals surface area contributed by atoms with E-state index in [0.29, 0.717) is 5.69 Å². The van der Waals surface area contributed by atoms with Crippen LogP contribution >= 0.6 is 0 Å². The van der Waals surface area contributed by atoms with Crippen LogP contribution in [0.2, 0.25) is 0 Å². The van der Waals surface area contributed by atoms with E-state index in [4.69, 9.17) is 11.5 Å². The lowest BCUT2D eigenvalue weighted by atomic mass is 10.2. The first-order valence-electron chi connectivity index (χ1n) is 3.18. The largest absolute Gasteiger partial charge is 0.397 e. The minimum Gasteiger partial charge on any atom is -0.397 e. The molecule has 0 unspecified atom stereocenters. The molecular weight excluding hydrogens is 126 g/mol. The number of hydrogen-bond donors (Lipinski definition) is 2. The zero-order valence-corrected chi connectivity index (χ0v) is 5.91. The van der Waals surface area contributed by atoms with Crippen molar-refractivity contribution >= 4 is 5.69 Å². The van der Waals surface area contributed by atoms with Crippen LogP contribution in [0.5, 0.6) is 0 Å². The number of pyridine rings is 1. The van der Waals surface area contributed by atoms with Crippen molar-refractivity contribution in [3.8, 4) is 0 Å². The molecule has 3 heteroatoms. The fourth-order valence-electron chi connectivity index (χ4n) is 0.810. The number of nitrogens with zero attached hydrogens (tertiary/aromatic N) is 1. The molecular formula is C7H11N3. The lowest BCUT2D eigenvalue weighted by molar-refractivity contribution is 0.785. The third-order valence-corrected chi connectivity index (χ3v) is 1.30. The van der Waals surface area contributed by atoms with Crippen molar-refractivity contribution in [1.29, 1.82) is 0 Å². The molecule has 1 heterocycles.